The van der Waals surface area contributed by atoms with Gasteiger partial charge in [-0.2, -0.15) is 0 Å². The van der Waals surface area contributed by atoms with Gasteiger partial charge < -0.3 is 9.47 Å². The molecule has 6 nitrogen and oxygen atoms in total. The van der Waals surface area contributed by atoms with Crippen molar-refractivity contribution >= 4 is 28.6 Å². The Kier molecular flexibility index (Phi) is 4.73. The highest BCUT2D eigenvalue weighted by atomic mass is 16.2. The SMILES string of the molecule is CC(C)n1ccc2cc(-c3ccc(C4=NC5(CC5)C(=O)N4CC4CN(C(=O)C5CC5)C4)cc3)ccc21. The summed E-state index contributed by atoms with van der Waals surface area (Å²) in [5.74, 6) is 1.86. The number of carbonyl (C=O) groups is 2. The second-order valence-corrected chi connectivity index (χ2v) is 11.4. The highest BCUT2D eigenvalue weighted by Gasteiger charge is 2.57. The summed E-state index contributed by atoms with van der Waals surface area (Å²) >= 11 is 0. The van der Waals surface area contributed by atoms with Gasteiger partial charge >= 0.3 is 0 Å². The van der Waals surface area contributed by atoms with E-state index < -0.39 is 5.54 Å². The number of hydrogen-bond donors (Lipinski definition) is 0. The lowest BCUT2D eigenvalue weighted by atomic mass is 9.97. The molecule has 36 heavy (non-hydrogen) atoms. The van der Waals surface area contributed by atoms with Gasteiger partial charge in [-0.3, -0.25) is 19.5 Å². The van der Waals surface area contributed by atoms with E-state index in [2.05, 4.69) is 73.1 Å². The lowest BCUT2D eigenvalue weighted by molar-refractivity contribution is -0.139. The third-order valence-electron chi connectivity index (χ3n) is 8.33. The predicted molar refractivity (Wildman–Crippen MR) is 141 cm³/mol. The molecule has 1 saturated heterocycles. The molecular weight excluding hydrogens is 448 g/mol. The third-order valence-corrected chi connectivity index (χ3v) is 8.33. The highest BCUT2D eigenvalue weighted by molar-refractivity contribution is 6.16. The fraction of sp³-hybridized carbons (Fsp3) is 0.433. The van der Waals surface area contributed by atoms with Crippen LogP contribution in [0.3, 0.4) is 0 Å². The number of amidine groups is 1. The minimum atomic E-state index is -0.518. The maximum absolute atomic E-state index is 13.3. The fourth-order valence-corrected chi connectivity index (χ4v) is 5.81. The largest absolute Gasteiger partial charge is 0.345 e. The summed E-state index contributed by atoms with van der Waals surface area (Å²) in [7, 11) is 0. The Morgan fingerprint density at radius 2 is 1.69 bits per heavy atom. The average molecular weight is 481 g/mol. The molecule has 2 aliphatic carbocycles. The monoisotopic (exact) mass is 480 g/mol. The van der Waals surface area contributed by atoms with Crippen LogP contribution in [0.5, 0.6) is 0 Å². The van der Waals surface area contributed by atoms with Gasteiger partial charge in [0.05, 0.1) is 0 Å². The van der Waals surface area contributed by atoms with Crippen LogP contribution in [0.1, 0.15) is 51.1 Å². The van der Waals surface area contributed by atoms with E-state index in [4.69, 9.17) is 4.99 Å². The zero-order valence-electron chi connectivity index (χ0n) is 21.0. The van der Waals surface area contributed by atoms with Gasteiger partial charge in [0.1, 0.15) is 11.4 Å². The average Bonchev–Trinajstić information content (AvgIpc) is 3.77. The van der Waals surface area contributed by atoms with Crippen LogP contribution in [-0.4, -0.2) is 57.2 Å². The number of carbonyl (C=O) groups excluding carboxylic acids is 2. The lowest BCUT2D eigenvalue weighted by Crippen LogP contribution is -2.55. The van der Waals surface area contributed by atoms with Crippen LogP contribution in [-0.2, 0) is 9.59 Å². The molecule has 2 aliphatic heterocycles. The first-order valence-corrected chi connectivity index (χ1v) is 13.3. The molecule has 2 aromatic carbocycles. The number of aliphatic imine (C=N–C) groups is 1. The number of amides is 2. The number of likely N-dealkylation sites (tertiary alicyclic amines) is 1. The van der Waals surface area contributed by atoms with E-state index in [1.165, 1.54) is 16.5 Å². The first-order valence-electron chi connectivity index (χ1n) is 13.3. The summed E-state index contributed by atoms with van der Waals surface area (Å²) in [6.07, 6.45) is 5.92. The summed E-state index contributed by atoms with van der Waals surface area (Å²) in [5, 5.41) is 1.24. The van der Waals surface area contributed by atoms with E-state index in [9.17, 15) is 9.59 Å². The van der Waals surface area contributed by atoms with Gasteiger partial charge in [0.25, 0.3) is 5.91 Å². The Bertz CT molecular complexity index is 1400. The maximum Gasteiger partial charge on any atom is 0.256 e. The Balaban J connectivity index is 1.10. The van der Waals surface area contributed by atoms with Crippen LogP contribution in [0.25, 0.3) is 22.0 Å². The number of rotatable bonds is 6. The van der Waals surface area contributed by atoms with Crippen LogP contribution in [0.15, 0.2) is 59.7 Å². The summed E-state index contributed by atoms with van der Waals surface area (Å²) in [4.78, 5) is 34.4. The maximum atomic E-state index is 13.3. The van der Waals surface area contributed by atoms with E-state index in [1.807, 2.05) is 9.80 Å². The first-order chi connectivity index (χ1) is 17.4. The number of hydrogen-bond acceptors (Lipinski definition) is 3. The Morgan fingerprint density at radius 3 is 2.36 bits per heavy atom. The van der Waals surface area contributed by atoms with Crippen molar-refractivity contribution in [1.29, 1.82) is 0 Å². The molecule has 184 valence electrons. The molecule has 2 saturated carbocycles. The van der Waals surface area contributed by atoms with E-state index in [0.717, 1.165) is 55.7 Å². The summed E-state index contributed by atoms with van der Waals surface area (Å²) in [6, 6.07) is 17.7. The number of aromatic nitrogens is 1. The molecule has 6 heteroatoms. The number of benzene rings is 2. The van der Waals surface area contributed by atoms with Crippen LogP contribution >= 0.6 is 0 Å². The normalized spacial score (nSPS) is 21.0. The molecule has 1 aromatic heterocycles. The number of fused-ring (bicyclic) bond motifs is 1. The zero-order chi connectivity index (χ0) is 24.6. The van der Waals surface area contributed by atoms with Crippen molar-refractivity contribution in [2.75, 3.05) is 19.6 Å². The van der Waals surface area contributed by atoms with Gasteiger partial charge in [0.15, 0.2) is 0 Å². The van der Waals surface area contributed by atoms with Crippen molar-refractivity contribution < 1.29 is 9.59 Å². The van der Waals surface area contributed by atoms with E-state index in [1.54, 1.807) is 0 Å². The molecule has 0 N–H and O–H groups in total. The van der Waals surface area contributed by atoms with Gasteiger partial charge in [-0.1, -0.05) is 30.3 Å². The second kappa shape index (κ2) is 7.79. The molecule has 0 bridgehead atoms. The Hall–Kier alpha value is -3.41. The fourth-order valence-electron chi connectivity index (χ4n) is 5.81. The standard InChI is InChI=1S/C30H32N4O2/c1-19(2)33-14-11-25-15-24(9-10-26(25)33)21-3-5-22(6-4-21)27-31-30(12-13-30)29(36)34(27)18-20-16-32(17-20)28(35)23-7-8-23/h3-6,9-11,14-15,19-20,23H,7-8,12-13,16-18H2,1-2H3. The minimum absolute atomic E-state index is 0.147. The Morgan fingerprint density at radius 1 is 1.00 bits per heavy atom. The van der Waals surface area contributed by atoms with Crippen molar-refractivity contribution in [2.45, 2.75) is 51.1 Å². The number of nitrogens with zero attached hydrogens (tertiary/aromatic N) is 4. The van der Waals surface area contributed by atoms with Crippen molar-refractivity contribution in [3.05, 3.63) is 60.3 Å². The zero-order valence-corrected chi connectivity index (χ0v) is 21.0. The van der Waals surface area contributed by atoms with E-state index >= 15 is 0 Å². The molecule has 2 amide bonds. The minimum Gasteiger partial charge on any atom is -0.345 e. The summed E-state index contributed by atoms with van der Waals surface area (Å²) in [6.45, 7) is 6.58. The first kappa shape index (κ1) is 21.8. The molecule has 0 unspecified atom stereocenters. The molecule has 1 spiro atoms. The van der Waals surface area contributed by atoms with E-state index in [-0.39, 0.29) is 11.8 Å². The predicted octanol–water partition coefficient (Wildman–Crippen LogP) is 4.88. The van der Waals surface area contributed by atoms with E-state index in [0.29, 0.717) is 24.4 Å². The van der Waals surface area contributed by atoms with Gasteiger partial charge in [-0.05, 0) is 68.9 Å². The summed E-state index contributed by atoms with van der Waals surface area (Å²) in [5.41, 5.74) is 4.07. The molecule has 3 heterocycles. The topological polar surface area (TPSA) is 57.9 Å². The van der Waals surface area contributed by atoms with Crippen LogP contribution in [0.4, 0.5) is 0 Å². The van der Waals surface area contributed by atoms with Crippen LogP contribution in [0, 0.1) is 11.8 Å². The van der Waals surface area contributed by atoms with Crippen molar-refractivity contribution in [3.63, 3.8) is 0 Å². The third kappa shape index (κ3) is 3.49. The van der Waals surface area contributed by atoms with Gasteiger partial charge in [0.2, 0.25) is 5.91 Å². The van der Waals surface area contributed by atoms with Crippen molar-refractivity contribution in [2.24, 2.45) is 16.8 Å². The van der Waals surface area contributed by atoms with Crippen LogP contribution < -0.4 is 0 Å². The molecule has 0 radical (unpaired) electrons. The molecule has 7 rings (SSSR count). The molecule has 3 fully saturated rings. The molecule has 3 aromatic rings. The quantitative estimate of drug-likeness (QED) is 0.505. The summed E-state index contributed by atoms with van der Waals surface area (Å²) < 4.78 is 2.29. The van der Waals surface area contributed by atoms with Crippen LogP contribution in [0.2, 0.25) is 0 Å². The van der Waals surface area contributed by atoms with Gasteiger partial charge in [-0.15, -0.1) is 0 Å². The van der Waals surface area contributed by atoms with Gasteiger partial charge in [-0.25, -0.2) is 0 Å². The molecule has 0 atom stereocenters. The second-order valence-electron chi connectivity index (χ2n) is 11.4. The molecular formula is C30H32N4O2. The lowest BCUT2D eigenvalue weighted by Gasteiger charge is -2.41. The van der Waals surface area contributed by atoms with Gasteiger partial charge in [0, 0.05) is 60.2 Å². The smallest absolute Gasteiger partial charge is 0.256 e. The van der Waals surface area contributed by atoms with Crippen molar-refractivity contribution in [3.8, 4) is 11.1 Å². The van der Waals surface area contributed by atoms with Crippen molar-refractivity contribution in [1.82, 2.24) is 14.4 Å². The highest BCUT2D eigenvalue weighted by Crippen LogP contribution is 2.46. The molecule has 4 aliphatic rings. The Labute approximate surface area is 211 Å².